The number of aromatic nitrogens is 1. The van der Waals surface area contributed by atoms with Gasteiger partial charge in [-0.2, -0.15) is 0 Å². The predicted octanol–water partition coefficient (Wildman–Crippen LogP) is 4.12. The fourth-order valence-corrected chi connectivity index (χ4v) is 2.26. The Labute approximate surface area is 92.3 Å². The number of fused-ring (bicyclic) bond motifs is 1. The van der Waals surface area contributed by atoms with Gasteiger partial charge in [0.25, 0.3) is 0 Å². The average molecular weight is 250 g/mol. The summed E-state index contributed by atoms with van der Waals surface area (Å²) < 4.78 is 1.15. The third kappa shape index (κ3) is 1.55. The number of benzene rings is 1. The van der Waals surface area contributed by atoms with Gasteiger partial charge in [-0.15, -0.1) is 0 Å². The number of rotatable bonds is 1. The van der Waals surface area contributed by atoms with Crippen molar-refractivity contribution in [3.8, 4) is 0 Å². The van der Waals surface area contributed by atoms with Gasteiger partial charge in [0.2, 0.25) is 0 Å². The van der Waals surface area contributed by atoms with Gasteiger partial charge in [-0.3, -0.25) is 4.98 Å². The summed E-state index contributed by atoms with van der Waals surface area (Å²) >= 11 is 3.59. The van der Waals surface area contributed by atoms with Crippen LogP contribution < -0.4 is 0 Å². The minimum Gasteiger partial charge on any atom is -0.264 e. The Morgan fingerprint density at radius 3 is 2.71 bits per heavy atom. The smallest absolute Gasteiger partial charge is 0.0346 e. The van der Waals surface area contributed by atoms with E-state index < -0.39 is 0 Å². The van der Waals surface area contributed by atoms with Gasteiger partial charge >= 0.3 is 0 Å². The molecule has 2 rings (SSSR count). The summed E-state index contributed by atoms with van der Waals surface area (Å²) in [5.74, 6) is 0.505. The molecule has 0 aliphatic rings. The second kappa shape index (κ2) is 3.70. The van der Waals surface area contributed by atoms with Crippen LogP contribution in [0.25, 0.3) is 10.8 Å². The standard InChI is InChI=1S/C12H12BrN/c1-8(2)10-7-14-6-9-4-3-5-11(13)12(9)10/h3-8H,1-2H3. The summed E-state index contributed by atoms with van der Waals surface area (Å²) in [6, 6.07) is 6.21. The van der Waals surface area contributed by atoms with Gasteiger partial charge in [0, 0.05) is 27.6 Å². The molecule has 72 valence electrons. The van der Waals surface area contributed by atoms with Crippen LogP contribution in [-0.2, 0) is 0 Å². The summed E-state index contributed by atoms with van der Waals surface area (Å²) in [5.41, 5.74) is 1.30. The van der Waals surface area contributed by atoms with E-state index in [0.29, 0.717) is 5.92 Å². The zero-order valence-electron chi connectivity index (χ0n) is 8.29. The Hall–Kier alpha value is -0.890. The van der Waals surface area contributed by atoms with Gasteiger partial charge < -0.3 is 0 Å². The fourth-order valence-electron chi connectivity index (χ4n) is 1.65. The van der Waals surface area contributed by atoms with Crippen molar-refractivity contribution in [3.05, 3.63) is 40.6 Å². The molecule has 0 fully saturated rings. The molecule has 0 atom stereocenters. The highest BCUT2D eigenvalue weighted by atomic mass is 79.9. The maximum atomic E-state index is 4.25. The number of hydrogen-bond acceptors (Lipinski definition) is 1. The summed E-state index contributed by atoms with van der Waals surface area (Å²) in [6.45, 7) is 4.38. The molecule has 0 unspecified atom stereocenters. The van der Waals surface area contributed by atoms with E-state index in [-0.39, 0.29) is 0 Å². The highest BCUT2D eigenvalue weighted by Crippen LogP contribution is 2.30. The van der Waals surface area contributed by atoms with Gasteiger partial charge in [0.05, 0.1) is 0 Å². The molecule has 0 aliphatic heterocycles. The molecule has 0 radical (unpaired) electrons. The largest absolute Gasteiger partial charge is 0.264 e. The van der Waals surface area contributed by atoms with Crippen LogP contribution in [0.3, 0.4) is 0 Å². The second-order valence-electron chi connectivity index (χ2n) is 3.72. The van der Waals surface area contributed by atoms with Crippen LogP contribution in [-0.4, -0.2) is 4.98 Å². The van der Waals surface area contributed by atoms with Gasteiger partial charge in [-0.1, -0.05) is 41.9 Å². The minimum absolute atomic E-state index is 0.505. The first-order valence-corrected chi connectivity index (χ1v) is 5.51. The second-order valence-corrected chi connectivity index (χ2v) is 4.58. The van der Waals surface area contributed by atoms with Crippen molar-refractivity contribution in [1.82, 2.24) is 4.98 Å². The third-order valence-corrected chi connectivity index (χ3v) is 3.04. The molecule has 0 aliphatic carbocycles. The van der Waals surface area contributed by atoms with Gasteiger partial charge in [-0.25, -0.2) is 0 Å². The molecule has 0 saturated heterocycles. The molecule has 1 nitrogen and oxygen atoms in total. The Balaban J connectivity index is 2.84. The highest BCUT2D eigenvalue weighted by Gasteiger charge is 2.07. The lowest BCUT2D eigenvalue weighted by molar-refractivity contribution is 0.868. The average Bonchev–Trinajstić information content (AvgIpc) is 2.17. The zero-order valence-corrected chi connectivity index (χ0v) is 9.88. The summed E-state index contributed by atoms with van der Waals surface area (Å²) in [7, 11) is 0. The van der Waals surface area contributed by atoms with E-state index in [0.717, 1.165) is 4.47 Å². The lowest BCUT2D eigenvalue weighted by Crippen LogP contribution is -1.91. The molecule has 0 spiro atoms. The molecule has 0 bridgehead atoms. The number of pyridine rings is 1. The van der Waals surface area contributed by atoms with Crippen molar-refractivity contribution in [2.24, 2.45) is 0 Å². The van der Waals surface area contributed by atoms with Crippen LogP contribution in [0.1, 0.15) is 25.3 Å². The Morgan fingerprint density at radius 1 is 1.21 bits per heavy atom. The monoisotopic (exact) mass is 249 g/mol. The van der Waals surface area contributed by atoms with E-state index in [4.69, 9.17) is 0 Å². The van der Waals surface area contributed by atoms with E-state index in [9.17, 15) is 0 Å². The molecule has 1 aromatic heterocycles. The van der Waals surface area contributed by atoms with Crippen LogP contribution in [0.15, 0.2) is 35.1 Å². The van der Waals surface area contributed by atoms with Crippen molar-refractivity contribution in [1.29, 1.82) is 0 Å². The van der Waals surface area contributed by atoms with E-state index in [1.807, 2.05) is 18.5 Å². The summed E-state index contributed by atoms with van der Waals surface area (Å²) in [4.78, 5) is 4.25. The van der Waals surface area contributed by atoms with Crippen molar-refractivity contribution in [2.75, 3.05) is 0 Å². The zero-order chi connectivity index (χ0) is 10.1. The number of nitrogens with zero attached hydrogens (tertiary/aromatic N) is 1. The summed E-state index contributed by atoms with van der Waals surface area (Å²) in [5, 5.41) is 2.49. The maximum Gasteiger partial charge on any atom is 0.0346 e. The predicted molar refractivity (Wildman–Crippen MR) is 63.5 cm³/mol. The molecule has 1 heterocycles. The van der Waals surface area contributed by atoms with Crippen LogP contribution in [0.5, 0.6) is 0 Å². The van der Waals surface area contributed by atoms with E-state index in [2.05, 4.69) is 46.9 Å². The minimum atomic E-state index is 0.505. The van der Waals surface area contributed by atoms with Gasteiger partial charge in [-0.05, 0) is 17.5 Å². The molecule has 0 saturated carbocycles. The van der Waals surface area contributed by atoms with Crippen LogP contribution in [0.2, 0.25) is 0 Å². The molecule has 0 amide bonds. The van der Waals surface area contributed by atoms with Gasteiger partial charge in [0.1, 0.15) is 0 Å². The third-order valence-electron chi connectivity index (χ3n) is 2.38. The Kier molecular flexibility index (Phi) is 2.55. The van der Waals surface area contributed by atoms with Crippen molar-refractivity contribution in [2.45, 2.75) is 19.8 Å². The fraction of sp³-hybridized carbons (Fsp3) is 0.250. The topological polar surface area (TPSA) is 12.9 Å². The van der Waals surface area contributed by atoms with Gasteiger partial charge in [0.15, 0.2) is 0 Å². The Bertz CT molecular complexity index is 458. The molecule has 2 heteroatoms. The molecule has 2 aromatic rings. The molecule has 14 heavy (non-hydrogen) atoms. The van der Waals surface area contributed by atoms with E-state index in [1.165, 1.54) is 16.3 Å². The quantitative estimate of drug-likeness (QED) is 0.741. The van der Waals surface area contributed by atoms with E-state index >= 15 is 0 Å². The first-order chi connectivity index (χ1) is 6.70. The lowest BCUT2D eigenvalue weighted by atomic mass is 9.99. The highest BCUT2D eigenvalue weighted by molar-refractivity contribution is 9.10. The first kappa shape index (κ1) is 9.66. The maximum absolute atomic E-state index is 4.25. The van der Waals surface area contributed by atoms with Crippen LogP contribution in [0.4, 0.5) is 0 Å². The van der Waals surface area contributed by atoms with Crippen molar-refractivity contribution in [3.63, 3.8) is 0 Å². The summed E-state index contributed by atoms with van der Waals surface area (Å²) in [6.07, 6.45) is 3.86. The molecular weight excluding hydrogens is 238 g/mol. The van der Waals surface area contributed by atoms with Crippen molar-refractivity contribution < 1.29 is 0 Å². The molecular formula is C12H12BrN. The number of halogens is 1. The van der Waals surface area contributed by atoms with Crippen LogP contribution >= 0.6 is 15.9 Å². The van der Waals surface area contributed by atoms with Crippen molar-refractivity contribution >= 4 is 26.7 Å². The lowest BCUT2D eigenvalue weighted by Gasteiger charge is -2.10. The molecule has 0 N–H and O–H groups in total. The molecule has 1 aromatic carbocycles. The van der Waals surface area contributed by atoms with E-state index in [1.54, 1.807) is 0 Å². The van der Waals surface area contributed by atoms with Crippen LogP contribution in [0, 0.1) is 0 Å². The Morgan fingerprint density at radius 2 is 2.00 bits per heavy atom. The first-order valence-electron chi connectivity index (χ1n) is 4.72. The number of hydrogen-bond donors (Lipinski definition) is 0. The normalized spacial score (nSPS) is 11.1. The SMILES string of the molecule is CC(C)c1cncc2cccc(Br)c12.